The van der Waals surface area contributed by atoms with Gasteiger partial charge < -0.3 is 16.0 Å². The van der Waals surface area contributed by atoms with E-state index >= 15 is 0 Å². The molecule has 0 spiro atoms. The molecule has 0 aromatic heterocycles. The summed E-state index contributed by atoms with van der Waals surface area (Å²) in [5.41, 5.74) is 5.17. The summed E-state index contributed by atoms with van der Waals surface area (Å²) in [5, 5.41) is 3.30. The van der Waals surface area contributed by atoms with E-state index in [9.17, 15) is 4.79 Å². The third-order valence-electron chi connectivity index (χ3n) is 2.86. The Balaban J connectivity index is 2.07. The Labute approximate surface area is 85.8 Å². The molecular weight excluding hydrogens is 178 g/mol. The van der Waals surface area contributed by atoms with Crippen LogP contribution >= 0.6 is 0 Å². The third kappa shape index (κ3) is 3.64. The summed E-state index contributed by atoms with van der Waals surface area (Å²) in [6, 6.07) is 0. The van der Waals surface area contributed by atoms with E-state index in [1.807, 2.05) is 6.92 Å². The number of nitrogens with one attached hydrogen (secondary N) is 1. The summed E-state index contributed by atoms with van der Waals surface area (Å²) in [4.78, 5) is 13.1. The lowest BCUT2D eigenvalue weighted by Crippen LogP contribution is -2.34. The predicted molar refractivity (Wildman–Crippen MR) is 56.8 cm³/mol. The van der Waals surface area contributed by atoms with Crippen molar-refractivity contribution >= 4 is 5.91 Å². The molecule has 0 radical (unpaired) electrons. The maximum absolute atomic E-state index is 10.8. The Morgan fingerprint density at radius 3 is 2.93 bits per heavy atom. The molecule has 0 saturated carbocycles. The van der Waals surface area contributed by atoms with Crippen molar-refractivity contribution in [3.05, 3.63) is 0 Å². The van der Waals surface area contributed by atoms with E-state index in [2.05, 4.69) is 17.3 Å². The first-order valence-corrected chi connectivity index (χ1v) is 5.28. The molecule has 2 unspecified atom stereocenters. The zero-order valence-electron chi connectivity index (χ0n) is 9.12. The van der Waals surface area contributed by atoms with Gasteiger partial charge in [-0.3, -0.25) is 4.79 Å². The summed E-state index contributed by atoms with van der Waals surface area (Å²) in [6.45, 7) is 5.92. The lowest BCUT2D eigenvalue weighted by molar-refractivity contribution is -0.121. The Morgan fingerprint density at radius 1 is 1.71 bits per heavy atom. The smallest absolute Gasteiger partial charge is 0.221 e. The van der Waals surface area contributed by atoms with Crippen molar-refractivity contribution in [2.24, 2.45) is 17.6 Å². The molecule has 4 heteroatoms. The van der Waals surface area contributed by atoms with Crippen LogP contribution in [-0.4, -0.2) is 44.0 Å². The van der Waals surface area contributed by atoms with E-state index in [0.717, 1.165) is 19.0 Å². The minimum atomic E-state index is -0.221. The van der Waals surface area contributed by atoms with Crippen LogP contribution in [0.1, 0.15) is 13.3 Å². The average molecular weight is 199 g/mol. The Bertz CT molecular complexity index is 196. The second-order valence-corrected chi connectivity index (χ2v) is 4.38. The molecule has 1 saturated heterocycles. The van der Waals surface area contributed by atoms with Crippen molar-refractivity contribution in [1.82, 2.24) is 10.2 Å². The topological polar surface area (TPSA) is 58.4 Å². The molecule has 0 bridgehead atoms. The van der Waals surface area contributed by atoms with Crippen LogP contribution < -0.4 is 11.1 Å². The van der Waals surface area contributed by atoms with Crippen LogP contribution in [0.4, 0.5) is 0 Å². The number of rotatable bonds is 5. The third-order valence-corrected chi connectivity index (χ3v) is 2.86. The molecule has 1 heterocycles. The Morgan fingerprint density at radius 2 is 2.43 bits per heavy atom. The van der Waals surface area contributed by atoms with Crippen molar-refractivity contribution < 1.29 is 4.79 Å². The van der Waals surface area contributed by atoms with Crippen molar-refractivity contribution in [1.29, 1.82) is 0 Å². The fraction of sp³-hybridized carbons (Fsp3) is 0.900. The SMILES string of the molecule is CC(CNCC1CCN(C)C1)C(N)=O. The molecule has 0 aromatic rings. The van der Waals surface area contributed by atoms with Crippen molar-refractivity contribution in [3.63, 3.8) is 0 Å². The van der Waals surface area contributed by atoms with Gasteiger partial charge in [0.25, 0.3) is 0 Å². The zero-order chi connectivity index (χ0) is 10.6. The van der Waals surface area contributed by atoms with Gasteiger partial charge in [0.05, 0.1) is 0 Å². The lowest BCUT2D eigenvalue weighted by atomic mass is 10.1. The molecule has 4 nitrogen and oxygen atoms in total. The van der Waals surface area contributed by atoms with E-state index in [-0.39, 0.29) is 11.8 Å². The number of amides is 1. The summed E-state index contributed by atoms with van der Waals surface area (Å²) in [7, 11) is 2.14. The second kappa shape index (κ2) is 5.32. The van der Waals surface area contributed by atoms with E-state index in [0.29, 0.717) is 6.54 Å². The van der Waals surface area contributed by atoms with Gasteiger partial charge in [0.2, 0.25) is 5.91 Å². The predicted octanol–water partition coefficient (Wildman–Crippen LogP) is -0.351. The van der Waals surface area contributed by atoms with Gasteiger partial charge in [-0.05, 0) is 32.5 Å². The number of hydrogen-bond donors (Lipinski definition) is 2. The summed E-state index contributed by atoms with van der Waals surface area (Å²) < 4.78 is 0. The van der Waals surface area contributed by atoms with Crippen LogP contribution in [0, 0.1) is 11.8 Å². The molecule has 1 fully saturated rings. The van der Waals surface area contributed by atoms with Crippen molar-refractivity contribution in [2.75, 3.05) is 33.2 Å². The van der Waals surface area contributed by atoms with Gasteiger partial charge in [-0.1, -0.05) is 6.92 Å². The number of nitrogens with zero attached hydrogens (tertiary/aromatic N) is 1. The molecule has 1 aliphatic rings. The molecule has 1 amide bonds. The highest BCUT2D eigenvalue weighted by molar-refractivity contribution is 5.76. The van der Waals surface area contributed by atoms with Gasteiger partial charge in [-0.25, -0.2) is 0 Å². The number of carbonyl (C=O) groups is 1. The van der Waals surface area contributed by atoms with Gasteiger partial charge in [0.15, 0.2) is 0 Å². The number of likely N-dealkylation sites (tertiary alicyclic amines) is 1. The standard InChI is InChI=1S/C10H21N3O/c1-8(10(11)14)5-12-6-9-3-4-13(2)7-9/h8-9,12H,3-7H2,1-2H3,(H2,11,14). The molecule has 2 atom stereocenters. The fourth-order valence-electron chi connectivity index (χ4n) is 1.80. The minimum Gasteiger partial charge on any atom is -0.369 e. The van der Waals surface area contributed by atoms with Gasteiger partial charge in [-0.15, -0.1) is 0 Å². The molecule has 0 aliphatic carbocycles. The van der Waals surface area contributed by atoms with E-state index in [1.54, 1.807) is 0 Å². The van der Waals surface area contributed by atoms with E-state index < -0.39 is 0 Å². The van der Waals surface area contributed by atoms with E-state index in [1.165, 1.54) is 13.0 Å². The van der Waals surface area contributed by atoms with Gasteiger partial charge >= 0.3 is 0 Å². The summed E-state index contributed by atoms with van der Waals surface area (Å²) in [6.07, 6.45) is 1.26. The highest BCUT2D eigenvalue weighted by atomic mass is 16.1. The fourth-order valence-corrected chi connectivity index (χ4v) is 1.80. The maximum atomic E-state index is 10.8. The first-order chi connectivity index (χ1) is 6.59. The molecule has 82 valence electrons. The Hall–Kier alpha value is -0.610. The first kappa shape index (κ1) is 11.5. The maximum Gasteiger partial charge on any atom is 0.221 e. The average Bonchev–Trinajstić information content (AvgIpc) is 2.51. The summed E-state index contributed by atoms with van der Waals surface area (Å²) >= 11 is 0. The largest absolute Gasteiger partial charge is 0.369 e. The van der Waals surface area contributed by atoms with Crippen LogP contribution in [0.2, 0.25) is 0 Å². The molecule has 1 rings (SSSR count). The summed E-state index contributed by atoms with van der Waals surface area (Å²) in [5.74, 6) is 0.454. The van der Waals surface area contributed by atoms with Gasteiger partial charge in [0.1, 0.15) is 0 Å². The molecule has 0 aromatic carbocycles. The van der Waals surface area contributed by atoms with Crippen LogP contribution in [-0.2, 0) is 4.79 Å². The zero-order valence-corrected chi connectivity index (χ0v) is 9.12. The van der Waals surface area contributed by atoms with Gasteiger partial charge in [0, 0.05) is 19.0 Å². The van der Waals surface area contributed by atoms with Crippen LogP contribution in [0.5, 0.6) is 0 Å². The molecule has 14 heavy (non-hydrogen) atoms. The van der Waals surface area contributed by atoms with Gasteiger partial charge in [-0.2, -0.15) is 0 Å². The molecule has 3 N–H and O–H groups in total. The monoisotopic (exact) mass is 199 g/mol. The minimum absolute atomic E-state index is 0.0610. The highest BCUT2D eigenvalue weighted by Gasteiger charge is 2.19. The molecular formula is C10H21N3O. The lowest BCUT2D eigenvalue weighted by Gasteiger charge is -2.13. The normalized spacial score (nSPS) is 25.1. The Kier molecular flexibility index (Phi) is 4.35. The second-order valence-electron chi connectivity index (χ2n) is 4.38. The van der Waals surface area contributed by atoms with Crippen molar-refractivity contribution in [3.8, 4) is 0 Å². The number of hydrogen-bond acceptors (Lipinski definition) is 3. The van der Waals surface area contributed by atoms with E-state index in [4.69, 9.17) is 5.73 Å². The van der Waals surface area contributed by atoms with Crippen LogP contribution in [0.15, 0.2) is 0 Å². The first-order valence-electron chi connectivity index (χ1n) is 5.28. The molecule has 1 aliphatic heterocycles. The quantitative estimate of drug-likeness (QED) is 0.636. The number of nitrogens with two attached hydrogens (primary N) is 1. The number of carbonyl (C=O) groups excluding carboxylic acids is 1. The van der Waals surface area contributed by atoms with Crippen molar-refractivity contribution in [2.45, 2.75) is 13.3 Å². The van der Waals surface area contributed by atoms with Crippen LogP contribution in [0.25, 0.3) is 0 Å². The van der Waals surface area contributed by atoms with Crippen LogP contribution in [0.3, 0.4) is 0 Å². The number of primary amides is 1. The highest BCUT2D eigenvalue weighted by Crippen LogP contribution is 2.12.